The van der Waals surface area contributed by atoms with Crippen LogP contribution in [0.15, 0.2) is 18.2 Å². The Labute approximate surface area is 98.4 Å². The highest BCUT2D eigenvalue weighted by Gasteiger charge is 2.32. The van der Waals surface area contributed by atoms with Gasteiger partial charge in [-0.15, -0.1) is 0 Å². The van der Waals surface area contributed by atoms with Crippen molar-refractivity contribution in [3.63, 3.8) is 0 Å². The van der Waals surface area contributed by atoms with Crippen molar-refractivity contribution in [3.8, 4) is 0 Å². The number of alkyl halides is 3. The van der Waals surface area contributed by atoms with Gasteiger partial charge < -0.3 is 10.2 Å². The van der Waals surface area contributed by atoms with Crippen molar-refractivity contribution in [3.05, 3.63) is 29.3 Å². The molecule has 0 radical (unpaired) electrons. The third-order valence-corrected chi connectivity index (χ3v) is 3.09. The van der Waals surface area contributed by atoms with E-state index in [0.29, 0.717) is 0 Å². The molecule has 1 heterocycles. The quantitative estimate of drug-likeness (QED) is 0.816. The fourth-order valence-electron chi connectivity index (χ4n) is 2.21. The van der Waals surface area contributed by atoms with Gasteiger partial charge in [-0.25, -0.2) is 0 Å². The highest BCUT2D eigenvalue weighted by molar-refractivity contribution is 5.56. The van der Waals surface area contributed by atoms with E-state index < -0.39 is 11.7 Å². The normalized spacial score (nSPS) is 20.0. The maximum Gasteiger partial charge on any atom is 0.416 e. The minimum Gasteiger partial charge on any atom is -0.385 e. The van der Waals surface area contributed by atoms with Crippen LogP contribution in [0.1, 0.15) is 23.6 Å². The number of halogens is 3. The minimum absolute atomic E-state index is 0.0496. The number of rotatable bonds is 1. The van der Waals surface area contributed by atoms with Gasteiger partial charge in [0, 0.05) is 18.3 Å². The number of anilines is 1. The van der Waals surface area contributed by atoms with Crippen LogP contribution in [0.25, 0.3) is 0 Å². The first-order valence-electron chi connectivity index (χ1n) is 5.51. The molecule has 0 aromatic heterocycles. The maximum atomic E-state index is 12.7. The molecule has 1 aromatic carbocycles. The van der Waals surface area contributed by atoms with Gasteiger partial charge in [0.2, 0.25) is 0 Å². The lowest BCUT2D eigenvalue weighted by Gasteiger charge is -2.32. The fourth-order valence-corrected chi connectivity index (χ4v) is 2.21. The van der Waals surface area contributed by atoms with E-state index in [2.05, 4.69) is 5.32 Å². The summed E-state index contributed by atoms with van der Waals surface area (Å²) in [7, 11) is 3.78. The van der Waals surface area contributed by atoms with Crippen LogP contribution in [0.3, 0.4) is 0 Å². The van der Waals surface area contributed by atoms with E-state index in [4.69, 9.17) is 0 Å². The summed E-state index contributed by atoms with van der Waals surface area (Å²) < 4.78 is 38.0. The van der Waals surface area contributed by atoms with E-state index in [-0.39, 0.29) is 6.04 Å². The Balaban J connectivity index is 2.44. The first kappa shape index (κ1) is 12.2. The van der Waals surface area contributed by atoms with Gasteiger partial charge in [-0.1, -0.05) is 0 Å². The molecule has 1 N–H and O–H groups in total. The maximum absolute atomic E-state index is 12.7. The van der Waals surface area contributed by atoms with Crippen molar-refractivity contribution in [1.29, 1.82) is 0 Å². The third-order valence-electron chi connectivity index (χ3n) is 3.09. The van der Waals surface area contributed by atoms with Crippen molar-refractivity contribution in [2.45, 2.75) is 18.6 Å². The lowest BCUT2D eigenvalue weighted by molar-refractivity contribution is -0.137. The molecule has 0 saturated heterocycles. The Morgan fingerprint density at radius 1 is 1.29 bits per heavy atom. The van der Waals surface area contributed by atoms with Crippen molar-refractivity contribution in [2.24, 2.45) is 0 Å². The zero-order valence-electron chi connectivity index (χ0n) is 9.80. The fraction of sp³-hybridized carbons (Fsp3) is 0.500. The molecular weight excluding hydrogens is 229 g/mol. The van der Waals surface area contributed by atoms with Crippen LogP contribution in [0.4, 0.5) is 18.9 Å². The van der Waals surface area contributed by atoms with E-state index in [1.165, 1.54) is 12.1 Å². The first-order chi connectivity index (χ1) is 7.89. The van der Waals surface area contributed by atoms with E-state index >= 15 is 0 Å². The van der Waals surface area contributed by atoms with Crippen LogP contribution < -0.4 is 5.32 Å². The molecule has 0 amide bonds. The van der Waals surface area contributed by atoms with E-state index in [9.17, 15) is 13.2 Å². The Kier molecular flexibility index (Phi) is 3.03. The molecule has 0 saturated carbocycles. The number of hydrogen-bond donors (Lipinski definition) is 1. The Bertz CT molecular complexity index is 413. The van der Waals surface area contributed by atoms with Gasteiger partial charge in [-0.3, -0.25) is 0 Å². The van der Waals surface area contributed by atoms with Crippen LogP contribution in [-0.4, -0.2) is 25.5 Å². The molecule has 0 aliphatic carbocycles. The molecule has 0 unspecified atom stereocenters. The van der Waals surface area contributed by atoms with Gasteiger partial charge >= 0.3 is 6.18 Å². The highest BCUT2D eigenvalue weighted by Crippen LogP contribution is 2.37. The molecule has 0 bridgehead atoms. The summed E-state index contributed by atoms with van der Waals surface area (Å²) in [6, 6.07) is 3.96. The number of fused-ring (bicyclic) bond motifs is 1. The highest BCUT2D eigenvalue weighted by atomic mass is 19.4. The second kappa shape index (κ2) is 4.22. The minimum atomic E-state index is -4.27. The summed E-state index contributed by atoms with van der Waals surface area (Å²) in [5.74, 6) is 0. The Morgan fingerprint density at radius 3 is 2.59 bits per heavy atom. The molecule has 1 atom stereocenters. The van der Waals surface area contributed by atoms with Gasteiger partial charge in [0.1, 0.15) is 0 Å². The lowest BCUT2D eigenvalue weighted by atomic mass is 9.95. The van der Waals surface area contributed by atoms with Gasteiger partial charge in [-0.2, -0.15) is 13.2 Å². The Hall–Kier alpha value is -1.23. The van der Waals surface area contributed by atoms with Crippen molar-refractivity contribution >= 4 is 5.69 Å². The van der Waals surface area contributed by atoms with Crippen molar-refractivity contribution in [2.75, 3.05) is 26.0 Å². The summed E-state index contributed by atoms with van der Waals surface area (Å²) in [5.41, 5.74) is 0.964. The summed E-state index contributed by atoms with van der Waals surface area (Å²) >= 11 is 0. The number of nitrogens with zero attached hydrogens (tertiary/aromatic N) is 1. The molecule has 1 aromatic rings. The average molecular weight is 244 g/mol. The second-order valence-electron chi connectivity index (χ2n) is 4.49. The third kappa shape index (κ3) is 2.39. The van der Waals surface area contributed by atoms with Crippen LogP contribution >= 0.6 is 0 Å². The Morgan fingerprint density at radius 2 is 2.00 bits per heavy atom. The molecule has 1 aliphatic heterocycles. The van der Waals surface area contributed by atoms with Gasteiger partial charge in [-0.05, 0) is 44.3 Å². The predicted molar refractivity (Wildman–Crippen MR) is 61.0 cm³/mol. The molecule has 2 rings (SSSR count). The summed E-state index contributed by atoms with van der Waals surface area (Å²) in [5, 5.41) is 3.13. The number of nitrogens with one attached hydrogen (secondary N) is 1. The largest absolute Gasteiger partial charge is 0.416 e. The first-order valence-corrected chi connectivity index (χ1v) is 5.51. The predicted octanol–water partition coefficient (Wildman–Crippen LogP) is 3.12. The smallest absolute Gasteiger partial charge is 0.385 e. The summed E-state index contributed by atoms with van der Waals surface area (Å²) in [4.78, 5) is 1.96. The number of benzene rings is 1. The summed E-state index contributed by atoms with van der Waals surface area (Å²) in [6.07, 6.45) is -3.45. The van der Waals surface area contributed by atoms with Crippen LogP contribution in [0.5, 0.6) is 0 Å². The molecule has 5 heteroatoms. The standard InChI is InChI=1S/C12H15F3N2/c1-17(2)11-5-6-16-10-4-3-8(7-9(10)11)12(13,14)15/h3-4,7,11,16H,5-6H2,1-2H3/t11-/m1/s1. The molecule has 94 valence electrons. The topological polar surface area (TPSA) is 15.3 Å². The average Bonchev–Trinajstić information content (AvgIpc) is 2.26. The summed E-state index contributed by atoms with van der Waals surface area (Å²) in [6.45, 7) is 0.793. The van der Waals surface area contributed by atoms with Crippen LogP contribution in [-0.2, 0) is 6.18 Å². The van der Waals surface area contributed by atoms with Gasteiger partial charge in [0.05, 0.1) is 5.56 Å². The zero-order chi connectivity index (χ0) is 12.6. The molecule has 17 heavy (non-hydrogen) atoms. The molecule has 2 nitrogen and oxygen atoms in total. The SMILES string of the molecule is CN(C)[C@@H]1CCNc2ccc(C(F)(F)F)cc21. The molecule has 1 aliphatic rings. The van der Waals surface area contributed by atoms with E-state index in [1.807, 2.05) is 19.0 Å². The van der Waals surface area contributed by atoms with Gasteiger partial charge in [0.25, 0.3) is 0 Å². The monoisotopic (exact) mass is 244 g/mol. The van der Waals surface area contributed by atoms with Gasteiger partial charge in [0.15, 0.2) is 0 Å². The zero-order valence-corrected chi connectivity index (χ0v) is 9.80. The van der Waals surface area contributed by atoms with Crippen LogP contribution in [0.2, 0.25) is 0 Å². The second-order valence-corrected chi connectivity index (χ2v) is 4.49. The number of hydrogen-bond acceptors (Lipinski definition) is 2. The molecular formula is C12H15F3N2. The molecule has 0 fully saturated rings. The lowest BCUT2D eigenvalue weighted by Crippen LogP contribution is -2.27. The van der Waals surface area contributed by atoms with Crippen molar-refractivity contribution < 1.29 is 13.2 Å². The van der Waals surface area contributed by atoms with Crippen LogP contribution in [0, 0.1) is 0 Å². The molecule has 0 spiro atoms. The van der Waals surface area contributed by atoms with Crippen molar-refractivity contribution in [1.82, 2.24) is 4.90 Å². The van der Waals surface area contributed by atoms with E-state index in [1.54, 1.807) is 0 Å². The van der Waals surface area contributed by atoms with E-state index in [0.717, 1.165) is 30.3 Å².